The fraction of sp³-hybridized carbons (Fsp3) is 0.385. The highest BCUT2D eigenvalue weighted by Crippen LogP contribution is 2.41. The second-order valence-corrected chi connectivity index (χ2v) is 8.37. The van der Waals surface area contributed by atoms with Gasteiger partial charge in [0.1, 0.15) is 6.04 Å². The normalized spacial score (nSPS) is 18.2. The molecule has 1 unspecified atom stereocenters. The lowest BCUT2D eigenvalue weighted by Gasteiger charge is -2.33. The van der Waals surface area contributed by atoms with Crippen LogP contribution in [0.15, 0.2) is 42.5 Å². The van der Waals surface area contributed by atoms with Crippen molar-refractivity contribution in [1.29, 1.82) is 0 Å². The summed E-state index contributed by atoms with van der Waals surface area (Å²) in [6, 6.07) is 7.95. The first-order chi connectivity index (χ1) is 16.8. The number of hydrogen-bond acceptors (Lipinski definition) is 5. The molecule has 0 saturated carbocycles. The minimum atomic E-state index is -4.60. The van der Waals surface area contributed by atoms with Gasteiger partial charge in [0, 0.05) is 30.2 Å². The van der Waals surface area contributed by atoms with Gasteiger partial charge in [0.2, 0.25) is 5.91 Å². The lowest BCUT2D eigenvalue weighted by Crippen LogP contribution is -2.48. The number of nitrogens with zero attached hydrogens (tertiary/aromatic N) is 1. The molecule has 2 aromatic carbocycles. The summed E-state index contributed by atoms with van der Waals surface area (Å²) >= 11 is 0. The Hall–Kier alpha value is -3.33. The van der Waals surface area contributed by atoms with Crippen LogP contribution in [0.1, 0.15) is 42.9 Å². The van der Waals surface area contributed by atoms with Gasteiger partial charge in [-0.1, -0.05) is 18.2 Å². The van der Waals surface area contributed by atoms with Gasteiger partial charge >= 0.3 is 12.1 Å². The third-order valence-corrected chi connectivity index (χ3v) is 6.10. The zero-order valence-electron chi connectivity index (χ0n) is 19.3. The maximum atomic E-state index is 14.0. The third kappa shape index (κ3) is 5.51. The summed E-state index contributed by atoms with van der Waals surface area (Å²) in [5.74, 6) is -0.442. The predicted molar refractivity (Wildman–Crippen MR) is 122 cm³/mol. The van der Waals surface area contributed by atoms with Crippen molar-refractivity contribution in [2.45, 2.75) is 44.8 Å². The fourth-order valence-corrected chi connectivity index (χ4v) is 4.47. The molecule has 2 heterocycles. The minimum Gasteiger partial charge on any atom is -0.464 e. The van der Waals surface area contributed by atoms with Crippen LogP contribution in [-0.4, -0.2) is 42.6 Å². The van der Waals surface area contributed by atoms with E-state index in [1.54, 1.807) is 25.1 Å². The Kier molecular flexibility index (Phi) is 7.45. The van der Waals surface area contributed by atoms with Gasteiger partial charge in [-0.05, 0) is 61.6 Å². The number of amides is 1. The summed E-state index contributed by atoms with van der Waals surface area (Å²) in [6.45, 7) is 2.59. The summed E-state index contributed by atoms with van der Waals surface area (Å²) in [5, 5.41) is 0. The van der Waals surface area contributed by atoms with E-state index in [-0.39, 0.29) is 17.7 Å². The highest BCUT2D eigenvalue weighted by atomic mass is 19.4. The van der Waals surface area contributed by atoms with E-state index in [1.807, 2.05) is 0 Å². The lowest BCUT2D eigenvalue weighted by molar-refractivity contribution is -0.215. The predicted octanol–water partition coefficient (Wildman–Crippen LogP) is 5.20. The average Bonchev–Trinajstić information content (AvgIpc) is 2.86. The Balaban J connectivity index is 1.70. The van der Waals surface area contributed by atoms with Gasteiger partial charge in [-0.15, -0.1) is 0 Å². The van der Waals surface area contributed by atoms with Crippen molar-refractivity contribution in [3.63, 3.8) is 0 Å². The smallest absolute Gasteiger partial charge is 0.417 e. The molecular formula is C26H26F3NO5. The van der Waals surface area contributed by atoms with Crippen molar-refractivity contribution in [1.82, 2.24) is 4.90 Å². The van der Waals surface area contributed by atoms with Gasteiger partial charge in [0.05, 0.1) is 18.8 Å². The van der Waals surface area contributed by atoms with Crippen LogP contribution in [0.5, 0.6) is 5.75 Å². The highest BCUT2D eigenvalue weighted by Gasteiger charge is 2.35. The van der Waals surface area contributed by atoms with Crippen LogP contribution in [0.3, 0.4) is 0 Å². The number of fused-ring (bicyclic) bond motifs is 1. The molecule has 0 N–H and O–H groups in total. The second kappa shape index (κ2) is 10.5. The number of piperidine rings is 1. The number of hydrogen-bond donors (Lipinski definition) is 0. The number of rotatable bonds is 5. The molecule has 4 rings (SSSR count). The number of halogens is 3. The number of carbonyl (C=O) groups is 2. The Morgan fingerprint density at radius 1 is 1.20 bits per heavy atom. The van der Waals surface area contributed by atoms with Crippen molar-refractivity contribution >= 4 is 18.0 Å². The molecule has 0 radical (unpaired) electrons. The van der Waals surface area contributed by atoms with Crippen LogP contribution >= 0.6 is 0 Å². The maximum Gasteiger partial charge on any atom is 0.417 e. The Bertz CT molecular complexity index is 1130. The third-order valence-electron chi connectivity index (χ3n) is 6.10. The number of ether oxygens (including phenoxy) is 1. The van der Waals surface area contributed by atoms with Gasteiger partial charge in [-0.3, -0.25) is 4.79 Å². The minimum absolute atomic E-state index is 0.0288. The topological polar surface area (TPSA) is 65.1 Å². The van der Waals surface area contributed by atoms with Crippen LogP contribution in [0.2, 0.25) is 0 Å². The summed E-state index contributed by atoms with van der Waals surface area (Å²) < 4.78 is 47.0. The highest BCUT2D eigenvalue weighted by molar-refractivity contribution is 5.96. The molecule has 186 valence electrons. The quantitative estimate of drug-likeness (QED) is 0.328. The van der Waals surface area contributed by atoms with E-state index in [9.17, 15) is 22.8 Å². The standard InChI is InChI=1S/C26H26F3NO5/c1-2-33-25(32)21-8-3-4-14-30(21)23(31)12-10-17-6-5-7-20(26(27,28)29)24(17)19-9-11-22-18(16-19)13-15-34-35-22/h5-7,9-12,16,21H,2-4,8,13-15H2,1H3/b12-10+. The first-order valence-electron chi connectivity index (χ1n) is 11.6. The molecule has 0 aliphatic carbocycles. The molecule has 35 heavy (non-hydrogen) atoms. The zero-order valence-corrected chi connectivity index (χ0v) is 19.3. The van der Waals surface area contributed by atoms with Crippen LogP contribution < -0.4 is 4.89 Å². The largest absolute Gasteiger partial charge is 0.464 e. The zero-order chi connectivity index (χ0) is 25.0. The number of benzene rings is 2. The Labute approximate surface area is 201 Å². The van der Waals surface area contributed by atoms with E-state index in [1.165, 1.54) is 29.2 Å². The SMILES string of the molecule is CCOC(=O)C1CCCCN1C(=O)/C=C/c1cccc(C(F)(F)F)c1-c1ccc2c(c1)CCOO2. The van der Waals surface area contributed by atoms with E-state index in [4.69, 9.17) is 14.5 Å². The van der Waals surface area contributed by atoms with Crippen molar-refractivity contribution in [2.75, 3.05) is 19.8 Å². The van der Waals surface area contributed by atoms with E-state index < -0.39 is 29.7 Å². The van der Waals surface area contributed by atoms with Gasteiger partial charge < -0.3 is 14.5 Å². The number of carbonyl (C=O) groups excluding carboxylic acids is 2. The summed E-state index contributed by atoms with van der Waals surface area (Å²) in [7, 11) is 0. The molecule has 1 amide bonds. The number of alkyl halides is 3. The molecule has 0 spiro atoms. The second-order valence-electron chi connectivity index (χ2n) is 8.37. The summed E-state index contributed by atoms with van der Waals surface area (Å²) in [5.41, 5.74) is 0.506. The molecular weight excluding hydrogens is 463 g/mol. The Morgan fingerprint density at radius 3 is 2.80 bits per heavy atom. The molecule has 1 saturated heterocycles. The number of likely N-dealkylation sites (tertiary alicyclic amines) is 1. The number of esters is 1. The molecule has 1 fully saturated rings. The van der Waals surface area contributed by atoms with E-state index >= 15 is 0 Å². The monoisotopic (exact) mass is 489 g/mol. The van der Waals surface area contributed by atoms with Crippen molar-refractivity contribution < 1.29 is 37.3 Å². The van der Waals surface area contributed by atoms with Crippen LogP contribution in [-0.2, 0) is 31.8 Å². The molecule has 2 aliphatic rings. The molecule has 0 aromatic heterocycles. The van der Waals surface area contributed by atoms with Crippen molar-refractivity contribution in [3.05, 3.63) is 59.2 Å². The van der Waals surface area contributed by atoms with Gasteiger partial charge in [0.15, 0.2) is 5.75 Å². The molecule has 2 aromatic rings. The maximum absolute atomic E-state index is 14.0. The molecule has 6 nitrogen and oxygen atoms in total. The molecule has 0 bridgehead atoms. The van der Waals surface area contributed by atoms with Crippen LogP contribution in [0.4, 0.5) is 13.2 Å². The first-order valence-corrected chi connectivity index (χ1v) is 11.6. The van der Waals surface area contributed by atoms with Crippen molar-refractivity contribution in [2.24, 2.45) is 0 Å². The summed E-state index contributed by atoms with van der Waals surface area (Å²) in [4.78, 5) is 36.8. The van der Waals surface area contributed by atoms with E-state index in [2.05, 4.69) is 0 Å². The first kappa shape index (κ1) is 24.8. The van der Waals surface area contributed by atoms with Gasteiger partial charge in [-0.25, -0.2) is 4.79 Å². The van der Waals surface area contributed by atoms with Crippen LogP contribution in [0.25, 0.3) is 17.2 Å². The van der Waals surface area contributed by atoms with Crippen molar-refractivity contribution in [3.8, 4) is 16.9 Å². The van der Waals surface area contributed by atoms with Crippen LogP contribution in [0, 0.1) is 0 Å². The molecule has 1 atom stereocenters. The fourth-order valence-electron chi connectivity index (χ4n) is 4.47. The summed E-state index contributed by atoms with van der Waals surface area (Å²) in [6.07, 6.45) is 0.543. The van der Waals surface area contributed by atoms with Gasteiger partial charge in [0.25, 0.3) is 0 Å². The molecule has 2 aliphatic heterocycles. The lowest BCUT2D eigenvalue weighted by atomic mass is 9.91. The molecule has 9 heteroatoms. The Morgan fingerprint density at radius 2 is 2.03 bits per heavy atom. The van der Waals surface area contributed by atoms with E-state index in [0.717, 1.165) is 24.5 Å². The van der Waals surface area contributed by atoms with E-state index in [0.29, 0.717) is 37.3 Å². The van der Waals surface area contributed by atoms with Gasteiger partial charge in [-0.2, -0.15) is 18.1 Å². The average molecular weight is 489 g/mol.